The predicted octanol–water partition coefficient (Wildman–Crippen LogP) is -0.551. The van der Waals surface area contributed by atoms with Crippen molar-refractivity contribution in [3.8, 4) is 0 Å². The molecule has 2 rings (SSSR count). The van der Waals surface area contributed by atoms with E-state index in [2.05, 4.69) is 9.97 Å². The minimum absolute atomic E-state index is 0.0548. The Morgan fingerprint density at radius 2 is 2.41 bits per heavy atom. The number of nitrogens with one attached hydrogen (secondary N) is 1. The molecule has 9 heteroatoms. The molecule has 0 radical (unpaired) electrons. The van der Waals surface area contributed by atoms with Gasteiger partial charge in [0.25, 0.3) is 0 Å². The minimum atomic E-state index is -1.77. The van der Waals surface area contributed by atoms with Gasteiger partial charge in [0.1, 0.15) is 30.2 Å². The monoisotopic (exact) mass is 247 g/mol. The number of aliphatic hydroxyl groups excluding tert-OH is 2. The lowest BCUT2D eigenvalue weighted by Gasteiger charge is -2.08. The van der Waals surface area contributed by atoms with Gasteiger partial charge in [0, 0.05) is 0 Å². The van der Waals surface area contributed by atoms with Gasteiger partial charge in [-0.1, -0.05) is 4.98 Å². The molecule has 0 bridgehead atoms. The first kappa shape index (κ1) is 11.9. The topological polar surface area (TPSA) is 122 Å². The van der Waals surface area contributed by atoms with Gasteiger partial charge in [0.2, 0.25) is 0 Å². The van der Waals surface area contributed by atoms with Crippen molar-refractivity contribution < 1.29 is 24.3 Å². The molecule has 1 aliphatic heterocycles. The van der Waals surface area contributed by atoms with E-state index in [0.717, 1.165) is 6.20 Å². The van der Waals surface area contributed by atoms with E-state index in [0.29, 0.717) is 0 Å². The number of alkyl halides is 1. The van der Waals surface area contributed by atoms with Crippen LogP contribution in [0, 0.1) is 10.1 Å². The predicted molar refractivity (Wildman–Crippen MR) is 50.8 cm³/mol. The average Bonchev–Trinajstić information content (AvgIpc) is 2.87. The van der Waals surface area contributed by atoms with Gasteiger partial charge in [0.05, 0.1) is 6.61 Å². The Morgan fingerprint density at radius 3 is 2.88 bits per heavy atom. The molecule has 0 aliphatic carbocycles. The third-order valence-corrected chi connectivity index (χ3v) is 2.56. The molecule has 1 aromatic heterocycles. The second-order valence-corrected chi connectivity index (χ2v) is 3.63. The van der Waals surface area contributed by atoms with Gasteiger partial charge >= 0.3 is 5.95 Å². The van der Waals surface area contributed by atoms with Gasteiger partial charge in [-0.05, 0) is 4.92 Å². The number of imidazole rings is 1. The van der Waals surface area contributed by atoms with Gasteiger partial charge in [-0.15, -0.1) is 0 Å². The first-order valence-electron chi connectivity index (χ1n) is 4.82. The van der Waals surface area contributed by atoms with Gasteiger partial charge in [-0.2, -0.15) is 0 Å². The summed E-state index contributed by atoms with van der Waals surface area (Å²) in [6.07, 6.45) is -4.40. The summed E-state index contributed by atoms with van der Waals surface area (Å²) < 4.78 is 18.7. The summed E-state index contributed by atoms with van der Waals surface area (Å²) >= 11 is 0. The number of nitro groups is 1. The van der Waals surface area contributed by atoms with Crippen LogP contribution in [0.1, 0.15) is 11.8 Å². The second-order valence-electron chi connectivity index (χ2n) is 3.63. The first-order chi connectivity index (χ1) is 8.04. The van der Waals surface area contributed by atoms with Crippen LogP contribution in [-0.4, -0.2) is 50.1 Å². The summed E-state index contributed by atoms with van der Waals surface area (Å²) in [7, 11) is 0. The van der Waals surface area contributed by atoms with Crippen molar-refractivity contribution >= 4 is 5.95 Å². The Kier molecular flexibility index (Phi) is 3.05. The molecular formula is C8H10FN3O5. The van der Waals surface area contributed by atoms with Gasteiger partial charge in [-0.3, -0.25) is 0 Å². The van der Waals surface area contributed by atoms with Crippen LogP contribution in [0.25, 0.3) is 0 Å². The molecular weight excluding hydrogens is 237 g/mol. The van der Waals surface area contributed by atoms with E-state index < -0.39 is 42.0 Å². The highest BCUT2D eigenvalue weighted by molar-refractivity contribution is 5.16. The van der Waals surface area contributed by atoms with Crippen LogP contribution in [0.2, 0.25) is 0 Å². The summed E-state index contributed by atoms with van der Waals surface area (Å²) in [5.74, 6) is -0.530. The second kappa shape index (κ2) is 4.35. The van der Waals surface area contributed by atoms with Crippen LogP contribution in [0.5, 0.6) is 0 Å². The number of hydrogen-bond acceptors (Lipinski definition) is 6. The molecule has 0 spiro atoms. The summed E-state index contributed by atoms with van der Waals surface area (Å²) in [5.41, 5.74) is 0.0548. The van der Waals surface area contributed by atoms with E-state index in [-0.39, 0.29) is 5.69 Å². The molecule has 1 aromatic rings. The number of rotatable bonds is 3. The molecule has 1 unspecified atom stereocenters. The van der Waals surface area contributed by atoms with Crippen LogP contribution in [0.15, 0.2) is 6.20 Å². The van der Waals surface area contributed by atoms with Crippen LogP contribution >= 0.6 is 0 Å². The maximum absolute atomic E-state index is 13.6. The highest BCUT2D eigenvalue weighted by Gasteiger charge is 2.46. The SMILES string of the molecule is O=[N+]([O-])c1ncc(C2O[C@H](CO)[C@@H](O)[C@@H]2F)[nH]1. The maximum atomic E-state index is 13.6. The number of ether oxygens (including phenoxy) is 1. The Morgan fingerprint density at radius 1 is 1.71 bits per heavy atom. The first-order valence-corrected chi connectivity index (χ1v) is 4.82. The zero-order valence-corrected chi connectivity index (χ0v) is 8.49. The Hall–Kier alpha value is -1.58. The largest absolute Gasteiger partial charge is 0.432 e. The molecule has 1 aliphatic rings. The lowest BCUT2D eigenvalue weighted by molar-refractivity contribution is -0.393. The molecule has 17 heavy (non-hydrogen) atoms. The number of aromatic amines is 1. The number of H-pyrrole nitrogens is 1. The Labute approximate surface area is 94.2 Å². The molecule has 94 valence electrons. The zero-order chi connectivity index (χ0) is 12.6. The van der Waals surface area contributed by atoms with Crippen LogP contribution in [0.3, 0.4) is 0 Å². The van der Waals surface area contributed by atoms with E-state index >= 15 is 0 Å². The van der Waals surface area contributed by atoms with E-state index in [1.165, 1.54) is 0 Å². The summed E-state index contributed by atoms with van der Waals surface area (Å²) in [4.78, 5) is 15.3. The Bertz CT molecular complexity index is 425. The standard InChI is InChI=1S/C8H10FN3O5/c9-5-6(14)4(2-13)17-7(5)3-1-10-8(11-3)12(15)16/h1,4-7,13-14H,2H2,(H,10,11)/t4-,5+,6-,7?/m1/s1. The van der Waals surface area contributed by atoms with Crippen molar-refractivity contribution in [1.29, 1.82) is 0 Å². The maximum Gasteiger partial charge on any atom is 0.432 e. The molecule has 0 aromatic carbocycles. The zero-order valence-electron chi connectivity index (χ0n) is 8.49. The van der Waals surface area contributed by atoms with Crippen molar-refractivity contribution in [2.45, 2.75) is 24.5 Å². The van der Waals surface area contributed by atoms with E-state index in [4.69, 9.17) is 9.84 Å². The minimum Gasteiger partial charge on any atom is -0.394 e. The molecule has 0 saturated carbocycles. The van der Waals surface area contributed by atoms with E-state index in [9.17, 15) is 19.6 Å². The van der Waals surface area contributed by atoms with E-state index in [1.54, 1.807) is 0 Å². The lowest BCUT2D eigenvalue weighted by atomic mass is 10.1. The van der Waals surface area contributed by atoms with E-state index in [1.807, 2.05) is 0 Å². The van der Waals surface area contributed by atoms with Crippen molar-refractivity contribution in [2.24, 2.45) is 0 Å². The molecule has 4 atom stereocenters. The van der Waals surface area contributed by atoms with Gasteiger partial charge < -0.3 is 25.1 Å². The molecule has 2 heterocycles. The average molecular weight is 247 g/mol. The number of aliphatic hydroxyl groups is 2. The fourth-order valence-electron chi connectivity index (χ4n) is 1.69. The number of aromatic nitrogens is 2. The summed E-state index contributed by atoms with van der Waals surface area (Å²) in [6, 6.07) is 0. The fraction of sp³-hybridized carbons (Fsp3) is 0.625. The van der Waals surface area contributed by atoms with Crippen molar-refractivity contribution in [3.63, 3.8) is 0 Å². The molecule has 0 amide bonds. The van der Waals surface area contributed by atoms with Crippen LogP contribution in [0.4, 0.5) is 10.3 Å². The third kappa shape index (κ3) is 1.99. The third-order valence-electron chi connectivity index (χ3n) is 2.56. The highest BCUT2D eigenvalue weighted by Crippen LogP contribution is 2.35. The molecule has 1 fully saturated rings. The van der Waals surface area contributed by atoms with Gasteiger partial charge in [-0.25, -0.2) is 9.37 Å². The molecule has 1 saturated heterocycles. The van der Waals surface area contributed by atoms with Gasteiger partial charge in [0.15, 0.2) is 6.17 Å². The van der Waals surface area contributed by atoms with Crippen LogP contribution in [-0.2, 0) is 4.74 Å². The highest BCUT2D eigenvalue weighted by atomic mass is 19.1. The normalized spacial score (nSPS) is 32.9. The fourth-order valence-corrected chi connectivity index (χ4v) is 1.69. The quantitative estimate of drug-likeness (QED) is 0.486. The number of halogens is 1. The number of nitrogens with zero attached hydrogens (tertiary/aromatic N) is 2. The smallest absolute Gasteiger partial charge is 0.394 e. The number of hydrogen-bond donors (Lipinski definition) is 3. The molecule has 3 N–H and O–H groups in total. The van der Waals surface area contributed by atoms with Crippen molar-refractivity contribution in [1.82, 2.24) is 9.97 Å². The lowest BCUT2D eigenvalue weighted by Crippen LogP contribution is -2.30. The van der Waals surface area contributed by atoms with Crippen molar-refractivity contribution in [2.75, 3.05) is 6.61 Å². The van der Waals surface area contributed by atoms with Crippen molar-refractivity contribution in [3.05, 3.63) is 22.0 Å². The Balaban J connectivity index is 2.19. The molecule has 8 nitrogen and oxygen atoms in total. The summed E-state index contributed by atoms with van der Waals surface area (Å²) in [5, 5.41) is 28.6. The van der Waals surface area contributed by atoms with Crippen LogP contribution < -0.4 is 0 Å². The summed E-state index contributed by atoms with van der Waals surface area (Å²) in [6.45, 7) is -0.533.